The van der Waals surface area contributed by atoms with Crippen LogP contribution < -0.4 is 16.6 Å². The quantitative estimate of drug-likeness (QED) is 0.566. The number of nitrogens with one attached hydrogen (secondary N) is 2. The lowest BCUT2D eigenvalue weighted by Crippen LogP contribution is -2.31. The molecule has 18 heavy (non-hydrogen) atoms. The van der Waals surface area contributed by atoms with E-state index in [0.29, 0.717) is 11.9 Å². The van der Waals surface area contributed by atoms with Crippen LogP contribution in [0.2, 0.25) is 0 Å². The standard InChI is InChI=1S/C13H23N5/c1-8-4-9(2)6-11(5-8)17-12-10(3)13(18-14)16-7-15-12/h7-9,11H,4-6,14H2,1-3H3,(H2,15,16,17,18). The average Bonchev–Trinajstić information content (AvgIpc) is 2.30. The second kappa shape index (κ2) is 5.52. The van der Waals surface area contributed by atoms with Crippen LogP contribution in [0.5, 0.6) is 0 Å². The van der Waals surface area contributed by atoms with E-state index >= 15 is 0 Å². The molecule has 0 radical (unpaired) electrons. The zero-order valence-corrected chi connectivity index (χ0v) is 11.4. The van der Waals surface area contributed by atoms with Crippen LogP contribution in [0.3, 0.4) is 0 Å². The number of hydrazine groups is 1. The third kappa shape index (κ3) is 2.90. The van der Waals surface area contributed by atoms with Crippen molar-refractivity contribution < 1.29 is 0 Å². The Hall–Kier alpha value is -1.36. The van der Waals surface area contributed by atoms with Crippen LogP contribution in [0.15, 0.2) is 6.33 Å². The van der Waals surface area contributed by atoms with Crippen molar-refractivity contribution in [2.45, 2.75) is 46.1 Å². The van der Waals surface area contributed by atoms with Crippen LogP contribution in [0.25, 0.3) is 0 Å². The Bertz CT molecular complexity index is 396. The van der Waals surface area contributed by atoms with Crippen molar-refractivity contribution in [1.29, 1.82) is 0 Å². The summed E-state index contributed by atoms with van der Waals surface area (Å²) in [4.78, 5) is 8.41. The van der Waals surface area contributed by atoms with Crippen molar-refractivity contribution in [3.63, 3.8) is 0 Å². The van der Waals surface area contributed by atoms with Gasteiger partial charge >= 0.3 is 0 Å². The highest BCUT2D eigenvalue weighted by molar-refractivity contribution is 5.56. The van der Waals surface area contributed by atoms with Crippen LogP contribution in [0.4, 0.5) is 11.6 Å². The summed E-state index contributed by atoms with van der Waals surface area (Å²) in [6.07, 6.45) is 5.29. The maximum atomic E-state index is 5.43. The van der Waals surface area contributed by atoms with Crippen molar-refractivity contribution in [2.24, 2.45) is 17.7 Å². The van der Waals surface area contributed by atoms with E-state index in [1.165, 1.54) is 19.3 Å². The summed E-state index contributed by atoms with van der Waals surface area (Å²) >= 11 is 0. The molecule has 0 aliphatic heterocycles. The number of rotatable bonds is 3. The Morgan fingerprint density at radius 2 is 1.72 bits per heavy atom. The average molecular weight is 249 g/mol. The summed E-state index contributed by atoms with van der Waals surface area (Å²) in [5.74, 6) is 8.56. The van der Waals surface area contributed by atoms with E-state index in [2.05, 4.69) is 34.6 Å². The van der Waals surface area contributed by atoms with Crippen LogP contribution in [-0.2, 0) is 0 Å². The molecule has 1 aliphatic carbocycles. The summed E-state index contributed by atoms with van der Waals surface area (Å²) in [6.45, 7) is 6.63. The van der Waals surface area contributed by atoms with E-state index in [1.54, 1.807) is 6.33 Å². The van der Waals surface area contributed by atoms with Crippen LogP contribution in [0.1, 0.15) is 38.7 Å². The van der Waals surface area contributed by atoms with E-state index in [4.69, 9.17) is 5.84 Å². The Balaban J connectivity index is 2.09. The van der Waals surface area contributed by atoms with Crippen molar-refractivity contribution in [1.82, 2.24) is 9.97 Å². The summed E-state index contributed by atoms with van der Waals surface area (Å²) < 4.78 is 0. The fourth-order valence-electron chi connectivity index (χ4n) is 3.00. The second-order valence-corrected chi connectivity index (χ2v) is 5.60. The van der Waals surface area contributed by atoms with Gasteiger partial charge in [0.25, 0.3) is 0 Å². The zero-order chi connectivity index (χ0) is 13.1. The Morgan fingerprint density at radius 3 is 2.33 bits per heavy atom. The Morgan fingerprint density at radius 1 is 1.11 bits per heavy atom. The number of nitrogens with zero attached hydrogens (tertiary/aromatic N) is 2. The van der Waals surface area contributed by atoms with E-state index in [1.807, 2.05) is 6.92 Å². The number of aromatic nitrogens is 2. The minimum Gasteiger partial charge on any atom is -0.367 e. The predicted octanol–water partition coefficient (Wildman–Crippen LogP) is 2.31. The van der Waals surface area contributed by atoms with Gasteiger partial charge in [-0.1, -0.05) is 13.8 Å². The van der Waals surface area contributed by atoms with Gasteiger partial charge in [0.2, 0.25) is 0 Å². The lowest BCUT2D eigenvalue weighted by atomic mass is 9.80. The fourth-order valence-corrected chi connectivity index (χ4v) is 3.00. The molecule has 1 aromatic rings. The monoisotopic (exact) mass is 249 g/mol. The molecular formula is C13H23N5. The summed E-state index contributed by atoms with van der Waals surface area (Å²) in [7, 11) is 0. The van der Waals surface area contributed by atoms with Gasteiger partial charge in [-0.25, -0.2) is 15.8 Å². The predicted molar refractivity (Wildman–Crippen MR) is 74.2 cm³/mol. The van der Waals surface area contributed by atoms with Gasteiger partial charge in [-0.3, -0.25) is 0 Å². The van der Waals surface area contributed by atoms with Crippen molar-refractivity contribution >= 4 is 11.6 Å². The van der Waals surface area contributed by atoms with E-state index < -0.39 is 0 Å². The minimum absolute atomic E-state index is 0.503. The van der Waals surface area contributed by atoms with E-state index in [-0.39, 0.29) is 0 Å². The van der Waals surface area contributed by atoms with E-state index in [9.17, 15) is 0 Å². The van der Waals surface area contributed by atoms with Crippen molar-refractivity contribution in [3.8, 4) is 0 Å². The zero-order valence-electron chi connectivity index (χ0n) is 11.4. The molecule has 1 heterocycles. The highest BCUT2D eigenvalue weighted by Gasteiger charge is 2.24. The van der Waals surface area contributed by atoms with Gasteiger partial charge in [0, 0.05) is 11.6 Å². The largest absolute Gasteiger partial charge is 0.367 e. The van der Waals surface area contributed by atoms with Crippen LogP contribution >= 0.6 is 0 Å². The van der Waals surface area contributed by atoms with Gasteiger partial charge < -0.3 is 10.7 Å². The Kier molecular flexibility index (Phi) is 4.01. The van der Waals surface area contributed by atoms with Gasteiger partial charge in [-0.2, -0.15) is 0 Å². The molecule has 0 spiro atoms. The van der Waals surface area contributed by atoms with Gasteiger partial charge in [-0.05, 0) is 38.0 Å². The number of hydrogen-bond donors (Lipinski definition) is 3. The minimum atomic E-state index is 0.503. The summed E-state index contributed by atoms with van der Waals surface area (Å²) in [5, 5.41) is 3.54. The molecule has 1 fully saturated rings. The molecule has 5 heteroatoms. The second-order valence-electron chi connectivity index (χ2n) is 5.60. The van der Waals surface area contributed by atoms with Gasteiger partial charge in [0.05, 0.1) is 0 Å². The van der Waals surface area contributed by atoms with Gasteiger partial charge in [0.15, 0.2) is 0 Å². The third-order valence-electron chi connectivity index (χ3n) is 3.74. The first-order valence-electron chi connectivity index (χ1n) is 6.65. The molecule has 0 aromatic carbocycles. The number of nitrogens with two attached hydrogens (primary N) is 1. The molecule has 2 unspecified atom stereocenters. The SMILES string of the molecule is Cc1c(NN)ncnc1NC1CC(C)CC(C)C1. The maximum Gasteiger partial charge on any atom is 0.148 e. The molecule has 4 N–H and O–H groups in total. The molecule has 2 rings (SSSR count). The molecule has 1 aliphatic rings. The highest BCUT2D eigenvalue weighted by atomic mass is 15.3. The van der Waals surface area contributed by atoms with Crippen LogP contribution in [0, 0.1) is 18.8 Å². The molecule has 1 saturated carbocycles. The molecule has 1 aromatic heterocycles. The lowest BCUT2D eigenvalue weighted by Gasteiger charge is -2.32. The molecular weight excluding hydrogens is 226 g/mol. The first kappa shape index (κ1) is 13.1. The molecule has 100 valence electrons. The maximum absolute atomic E-state index is 5.43. The molecule has 5 nitrogen and oxygen atoms in total. The Labute approximate surface area is 109 Å². The molecule has 0 saturated heterocycles. The van der Waals surface area contributed by atoms with Crippen molar-refractivity contribution in [3.05, 3.63) is 11.9 Å². The summed E-state index contributed by atoms with van der Waals surface area (Å²) in [6, 6.07) is 0.503. The molecule has 0 bridgehead atoms. The first-order chi connectivity index (χ1) is 8.60. The van der Waals surface area contributed by atoms with Crippen LogP contribution in [-0.4, -0.2) is 16.0 Å². The number of anilines is 2. The highest BCUT2D eigenvalue weighted by Crippen LogP contribution is 2.31. The van der Waals surface area contributed by atoms with Gasteiger partial charge in [0.1, 0.15) is 18.0 Å². The van der Waals surface area contributed by atoms with Crippen molar-refractivity contribution in [2.75, 3.05) is 10.7 Å². The topological polar surface area (TPSA) is 75.9 Å². The van der Waals surface area contributed by atoms with Gasteiger partial charge in [-0.15, -0.1) is 0 Å². The molecule has 0 amide bonds. The fraction of sp³-hybridized carbons (Fsp3) is 0.692. The number of hydrogen-bond acceptors (Lipinski definition) is 5. The molecule has 2 atom stereocenters. The normalized spacial score (nSPS) is 27.9. The summed E-state index contributed by atoms with van der Waals surface area (Å²) in [5.41, 5.74) is 3.58. The third-order valence-corrected chi connectivity index (χ3v) is 3.74. The number of nitrogen functional groups attached to an aromatic ring is 1. The first-order valence-corrected chi connectivity index (χ1v) is 6.65. The van der Waals surface area contributed by atoms with E-state index in [0.717, 1.165) is 23.2 Å². The lowest BCUT2D eigenvalue weighted by molar-refractivity contribution is 0.280. The smallest absolute Gasteiger partial charge is 0.148 e.